The molecule has 0 N–H and O–H groups in total. The zero-order valence-corrected chi connectivity index (χ0v) is 12.9. The summed E-state index contributed by atoms with van der Waals surface area (Å²) in [5.74, 6) is 0.745. The van der Waals surface area contributed by atoms with Crippen LogP contribution in [0.4, 0.5) is 0 Å². The zero-order chi connectivity index (χ0) is 13.5. The van der Waals surface area contributed by atoms with Gasteiger partial charge in [-0.25, -0.2) is 0 Å². The van der Waals surface area contributed by atoms with Crippen LogP contribution in [-0.2, 0) is 0 Å². The molecule has 102 valence electrons. The second kappa shape index (κ2) is 15.5. The van der Waals surface area contributed by atoms with Crippen molar-refractivity contribution in [2.75, 3.05) is 0 Å². The van der Waals surface area contributed by atoms with Crippen molar-refractivity contribution in [3.8, 4) is 0 Å². The Labute approximate surface area is 110 Å². The Hall–Kier alpha value is -0.480. The molecule has 0 rings (SSSR count). The summed E-state index contributed by atoms with van der Waals surface area (Å²) in [6.07, 6.45) is 10.8. The fourth-order valence-corrected chi connectivity index (χ4v) is 2.06. The van der Waals surface area contributed by atoms with E-state index in [9.17, 15) is 0 Å². The van der Waals surface area contributed by atoms with Gasteiger partial charge in [0.15, 0.2) is 0 Å². The third kappa shape index (κ3) is 11.8. The fraction of sp³-hybridized carbons (Fsp3) is 0.824. The van der Waals surface area contributed by atoms with Crippen molar-refractivity contribution in [3.63, 3.8) is 0 Å². The molecular weight excluding hydrogens is 204 g/mol. The predicted octanol–water partition coefficient (Wildman–Crippen LogP) is 6.52. The lowest BCUT2D eigenvalue weighted by molar-refractivity contribution is 0.473. The summed E-state index contributed by atoms with van der Waals surface area (Å²) >= 11 is 0. The summed E-state index contributed by atoms with van der Waals surface area (Å²) in [6, 6.07) is 0. The average Bonchev–Trinajstić information content (AvgIpc) is 2.38. The summed E-state index contributed by atoms with van der Waals surface area (Å²) in [6.45, 7) is 14.5. The van der Waals surface area contributed by atoms with Gasteiger partial charge in [0.2, 0.25) is 0 Å². The van der Waals surface area contributed by atoms with Gasteiger partial charge in [0.05, 0.1) is 0 Å². The van der Waals surface area contributed by atoms with Crippen LogP contribution in [0.15, 0.2) is 17.9 Å². The average molecular weight is 238 g/mol. The SMILES string of the molecule is C=C=C(C)C(CCC)CCCCCCC.CC. The molecule has 1 atom stereocenters. The molecule has 0 aromatic carbocycles. The maximum absolute atomic E-state index is 3.76. The summed E-state index contributed by atoms with van der Waals surface area (Å²) in [4.78, 5) is 0. The molecule has 0 aliphatic carbocycles. The highest BCUT2D eigenvalue weighted by Crippen LogP contribution is 2.22. The Bertz CT molecular complexity index is 184. The third-order valence-corrected chi connectivity index (χ3v) is 3.18. The highest BCUT2D eigenvalue weighted by Gasteiger charge is 2.08. The quantitative estimate of drug-likeness (QED) is 0.317. The summed E-state index contributed by atoms with van der Waals surface area (Å²) in [7, 11) is 0. The molecule has 0 aromatic heterocycles. The van der Waals surface area contributed by atoms with Crippen molar-refractivity contribution in [2.45, 2.75) is 86.0 Å². The normalized spacial score (nSPS) is 11.1. The van der Waals surface area contributed by atoms with Crippen molar-refractivity contribution < 1.29 is 0 Å². The molecule has 0 spiro atoms. The van der Waals surface area contributed by atoms with Gasteiger partial charge in [0.25, 0.3) is 0 Å². The van der Waals surface area contributed by atoms with Crippen LogP contribution in [-0.4, -0.2) is 0 Å². The number of rotatable bonds is 9. The van der Waals surface area contributed by atoms with E-state index < -0.39 is 0 Å². The van der Waals surface area contributed by atoms with Crippen LogP contribution in [0.3, 0.4) is 0 Å². The monoisotopic (exact) mass is 238 g/mol. The molecule has 0 radical (unpaired) electrons. The lowest BCUT2D eigenvalue weighted by Gasteiger charge is -2.15. The molecule has 0 heterocycles. The number of unbranched alkanes of at least 4 members (excludes halogenated alkanes) is 4. The highest BCUT2D eigenvalue weighted by atomic mass is 14.1. The van der Waals surface area contributed by atoms with Crippen LogP contribution in [0.1, 0.15) is 86.0 Å². The topological polar surface area (TPSA) is 0 Å². The van der Waals surface area contributed by atoms with Crippen LogP contribution in [0.2, 0.25) is 0 Å². The summed E-state index contributed by atoms with van der Waals surface area (Å²) in [5.41, 5.74) is 4.44. The minimum atomic E-state index is 0.745. The van der Waals surface area contributed by atoms with Crippen LogP contribution in [0, 0.1) is 5.92 Å². The van der Waals surface area contributed by atoms with E-state index >= 15 is 0 Å². The van der Waals surface area contributed by atoms with Gasteiger partial charge in [0, 0.05) is 0 Å². The van der Waals surface area contributed by atoms with Crippen molar-refractivity contribution in [3.05, 3.63) is 17.9 Å². The van der Waals surface area contributed by atoms with Gasteiger partial charge in [-0.15, -0.1) is 5.73 Å². The second-order valence-electron chi connectivity index (χ2n) is 4.55. The first-order valence-electron chi connectivity index (χ1n) is 7.62. The van der Waals surface area contributed by atoms with Crippen molar-refractivity contribution in [1.82, 2.24) is 0 Å². The molecule has 0 fully saturated rings. The maximum Gasteiger partial charge on any atom is -0.0130 e. The minimum Gasteiger partial charge on any atom is -0.130 e. The van der Waals surface area contributed by atoms with Gasteiger partial charge >= 0.3 is 0 Å². The minimum absolute atomic E-state index is 0.745. The van der Waals surface area contributed by atoms with Crippen LogP contribution < -0.4 is 0 Å². The van der Waals surface area contributed by atoms with Gasteiger partial charge in [-0.2, -0.15) is 0 Å². The van der Waals surface area contributed by atoms with Gasteiger partial charge in [-0.05, 0) is 31.3 Å². The van der Waals surface area contributed by atoms with Crippen LogP contribution in [0.25, 0.3) is 0 Å². The first-order chi connectivity index (χ1) is 8.26. The van der Waals surface area contributed by atoms with E-state index in [2.05, 4.69) is 33.1 Å². The maximum atomic E-state index is 3.76. The first kappa shape index (κ1) is 18.9. The number of allylic oxidation sites excluding steroid dienone is 1. The molecule has 0 saturated carbocycles. The lowest BCUT2D eigenvalue weighted by atomic mass is 9.90. The Morgan fingerprint density at radius 1 is 0.941 bits per heavy atom. The molecule has 0 aliphatic rings. The van der Waals surface area contributed by atoms with Gasteiger partial charge < -0.3 is 0 Å². The first-order valence-corrected chi connectivity index (χ1v) is 7.62. The van der Waals surface area contributed by atoms with Gasteiger partial charge in [-0.1, -0.05) is 72.8 Å². The summed E-state index contributed by atoms with van der Waals surface area (Å²) in [5, 5.41) is 0. The van der Waals surface area contributed by atoms with Gasteiger partial charge in [0.1, 0.15) is 0 Å². The summed E-state index contributed by atoms with van der Waals surface area (Å²) < 4.78 is 0. The smallest absolute Gasteiger partial charge is 0.0130 e. The Balaban J connectivity index is 0. The van der Waals surface area contributed by atoms with E-state index in [1.165, 1.54) is 56.9 Å². The molecule has 0 nitrogen and oxygen atoms in total. The highest BCUT2D eigenvalue weighted by molar-refractivity contribution is 5.00. The van der Waals surface area contributed by atoms with Crippen molar-refractivity contribution >= 4 is 0 Å². The molecule has 0 aromatic rings. The van der Waals surface area contributed by atoms with E-state index in [1.54, 1.807) is 0 Å². The molecule has 0 aliphatic heterocycles. The van der Waals surface area contributed by atoms with Gasteiger partial charge in [-0.3, -0.25) is 0 Å². The van der Waals surface area contributed by atoms with Crippen molar-refractivity contribution in [2.24, 2.45) is 5.92 Å². The molecule has 0 bridgehead atoms. The Morgan fingerprint density at radius 3 is 2.00 bits per heavy atom. The molecule has 1 unspecified atom stereocenters. The van der Waals surface area contributed by atoms with Crippen LogP contribution in [0.5, 0.6) is 0 Å². The zero-order valence-electron chi connectivity index (χ0n) is 12.9. The molecule has 0 amide bonds. The van der Waals surface area contributed by atoms with E-state index in [0.29, 0.717) is 0 Å². The molecule has 0 heteroatoms. The van der Waals surface area contributed by atoms with E-state index in [-0.39, 0.29) is 0 Å². The second-order valence-corrected chi connectivity index (χ2v) is 4.55. The molecular formula is C17H34. The van der Waals surface area contributed by atoms with Crippen molar-refractivity contribution in [1.29, 1.82) is 0 Å². The standard InChI is InChI=1S/C15H28.C2H6/c1-5-8-9-10-11-13-15(12-6-2)14(4)7-3;1-2/h15H,3,5-6,8-13H2,1-2,4H3;1-2H3. The molecule has 0 saturated heterocycles. The van der Waals surface area contributed by atoms with Crippen LogP contribution >= 0.6 is 0 Å². The predicted molar refractivity (Wildman–Crippen MR) is 81.4 cm³/mol. The number of hydrogen-bond acceptors (Lipinski definition) is 0. The fourth-order valence-electron chi connectivity index (χ4n) is 2.06. The largest absolute Gasteiger partial charge is 0.130 e. The third-order valence-electron chi connectivity index (χ3n) is 3.18. The molecule has 17 heavy (non-hydrogen) atoms. The Morgan fingerprint density at radius 2 is 1.53 bits per heavy atom. The Kier molecular flexibility index (Phi) is 17.2. The lowest BCUT2D eigenvalue weighted by Crippen LogP contribution is -2.01. The van der Waals surface area contributed by atoms with E-state index in [0.717, 1.165) is 5.92 Å². The van der Waals surface area contributed by atoms with E-state index in [1.807, 2.05) is 13.8 Å². The van der Waals surface area contributed by atoms with E-state index in [4.69, 9.17) is 0 Å². The number of hydrogen-bond donors (Lipinski definition) is 0.